The zero-order chi connectivity index (χ0) is 16.1. The van der Waals surface area contributed by atoms with E-state index in [0.29, 0.717) is 11.4 Å². The molecule has 23 heavy (non-hydrogen) atoms. The molecule has 4 heteroatoms. The van der Waals surface area contributed by atoms with Gasteiger partial charge in [-0.1, -0.05) is 55.7 Å². The van der Waals surface area contributed by atoms with Crippen LogP contribution in [0.25, 0.3) is 11.1 Å². The van der Waals surface area contributed by atoms with Gasteiger partial charge in [-0.15, -0.1) is 0 Å². The molecule has 3 rings (SSSR count). The van der Waals surface area contributed by atoms with Gasteiger partial charge in [0.1, 0.15) is 0 Å². The lowest BCUT2D eigenvalue weighted by Crippen LogP contribution is -2.38. The van der Waals surface area contributed by atoms with Crippen LogP contribution in [0.1, 0.15) is 32.1 Å². The van der Waals surface area contributed by atoms with Crippen LogP contribution in [0.4, 0.5) is 10.5 Å². The van der Waals surface area contributed by atoms with Crippen molar-refractivity contribution >= 4 is 11.8 Å². The Bertz CT molecular complexity index is 664. The Kier molecular flexibility index (Phi) is 4.81. The number of nitrogen functional groups attached to an aromatic ring is 1. The Balaban J connectivity index is 1.70. The molecular weight excluding hydrogens is 288 g/mol. The number of carbonyl (C=O) groups excluding carboxylic acids is 1. The molecule has 2 aromatic carbocycles. The number of carbonyl (C=O) groups is 1. The van der Waals surface area contributed by atoms with Crippen molar-refractivity contribution in [1.29, 1.82) is 0 Å². The minimum atomic E-state index is -0.422. The fourth-order valence-electron chi connectivity index (χ4n) is 2.98. The molecule has 1 aliphatic rings. The molecular formula is C19H22N2O2. The highest BCUT2D eigenvalue weighted by atomic mass is 16.6. The van der Waals surface area contributed by atoms with Gasteiger partial charge in [-0.3, -0.25) is 0 Å². The number of rotatable bonds is 3. The second-order valence-corrected chi connectivity index (χ2v) is 5.99. The van der Waals surface area contributed by atoms with E-state index in [2.05, 4.69) is 5.32 Å². The summed E-state index contributed by atoms with van der Waals surface area (Å²) >= 11 is 0. The third-order valence-corrected chi connectivity index (χ3v) is 4.25. The topological polar surface area (TPSA) is 64.3 Å². The first-order valence-corrected chi connectivity index (χ1v) is 8.15. The molecule has 1 saturated carbocycles. The third-order valence-electron chi connectivity index (χ3n) is 4.25. The number of nitrogens with two attached hydrogens (primary N) is 1. The first kappa shape index (κ1) is 15.4. The SMILES string of the molecule is Nc1ccc(-c2ccccc2)cc1OC(=O)NC1CCCCC1. The van der Waals surface area contributed by atoms with Crippen molar-refractivity contribution in [3.8, 4) is 16.9 Å². The van der Waals surface area contributed by atoms with Gasteiger partial charge >= 0.3 is 6.09 Å². The van der Waals surface area contributed by atoms with E-state index in [4.69, 9.17) is 10.5 Å². The molecule has 120 valence electrons. The van der Waals surface area contributed by atoms with E-state index in [1.165, 1.54) is 6.42 Å². The minimum Gasteiger partial charge on any atom is -0.408 e. The Hall–Kier alpha value is -2.49. The van der Waals surface area contributed by atoms with E-state index < -0.39 is 6.09 Å². The standard InChI is InChI=1S/C19H22N2O2/c20-17-12-11-15(14-7-3-1-4-8-14)13-18(17)23-19(22)21-16-9-5-2-6-10-16/h1,3-4,7-8,11-13,16H,2,5-6,9-10,20H2,(H,21,22). The predicted molar refractivity (Wildman–Crippen MR) is 92.3 cm³/mol. The summed E-state index contributed by atoms with van der Waals surface area (Å²) in [4.78, 5) is 12.1. The maximum Gasteiger partial charge on any atom is 0.412 e. The number of hydrogen-bond donors (Lipinski definition) is 2. The Morgan fingerprint density at radius 1 is 1.00 bits per heavy atom. The molecule has 0 atom stereocenters. The normalized spacial score (nSPS) is 15.1. The molecule has 3 N–H and O–H groups in total. The summed E-state index contributed by atoms with van der Waals surface area (Å²) in [6, 6.07) is 15.7. The highest BCUT2D eigenvalue weighted by molar-refractivity contribution is 5.76. The third kappa shape index (κ3) is 4.03. The monoisotopic (exact) mass is 310 g/mol. The van der Waals surface area contributed by atoms with Crippen LogP contribution in [0.2, 0.25) is 0 Å². The summed E-state index contributed by atoms with van der Waals surface area (Å²) in [5.74, 6) is 0.402. The lowest BCUT2D eigenvalue weighted by atomic mass is 9.96. The number of benzene rings is 2. The molecule has 0 aliphatic heterocycles. The van der Waals surface area contributed by atoms with E-state index in [9.17, 15) is 4.79 Å². The van der Waals surface area contributed by atoms with Gasteiger partial charge in [0, 0.05) is 6.04 Å². The number of nitrogens with one attached hydrogen (secondary N) is 1. The number of amides is 1. The molecule has 0 bridgehead atoms. The van der Waals surface area contributed by atoms with Crippen LogP contribution in [0.15, 0.2) is 48.5 Å². The lowest BCUT2D eigenvalue weighted by Gasteiger charge is -2.22. The van der Waals surface area contributed by atoms with Crippen molar-refractivity contribution in [3.63, 3.8) is 0 Å². The van der Waals surface area contributed by atoms with Crippen LogP contribution in [0, 0.1) is 0 Å². The second-order valence-electron chi connectivity index (χ2n) is 5.99. The van der Waals surface area contributed by atoms with E-state index in [1.54, 1.807) is 6.07 Å². The second kappa shape index (κ2) is 7.18. The molecule has 1 fully saturated rings. The average molecular weight is 310 g/mol. The molecule has 0 radical (unpaired) electrons. The summed E-state index contributed by atoms with van der Waals surface area (Å²) < 4.78 is 5.44. The van der Waals surface area contributed by atoms with Crippen molar-refractivity contribution in [1.82, 2.24) is 5.32 Å². The van der Waals surface area contributed by atoms with Crippen LogP contribution in [-0.2, 0) is 0 Å². The van der Waals surface area contributed by atoms with E-state index in [-0.39, 0.29) is 6.04 Å². The van der Waals surface area contributed by atoms with Crippen LogP contribution in [0.3, 0.4) is 0 Å². The van der Waals surface area contributed by atoms with Crippen LogP contribution in [0.5, 0.6) is 5.75 Å². The Morgan fingerprint density at radius 2 is 1.74 bits per heavy atom. The van der Waals surface area contributed by atoms with Gasteiger partial charge < -0.3 is 15.8 Å². The number of anilines is 1. The summed E-state index contributed by atoms with van der Waals surface area (Å²) in [5, 5.41) is 2.94. The molecule has 4 nitrogen and oxygen atoms in total. The van der Waals surface area contributed by atoms with Gasteiger partial charge in [-0.05, 0) is 36.1 Å². The molecule has 0 unspecified atom stereocenters. The fourth-order valence-corrected chi connectivity index (χ4v) is 2.98. The summed E-state index contributed by atoms with van der Waals surface area (Å²) in [6.07, 6.45) is 5.20. The molecule has 0 aromatic heterocycles. The van der Waals surface area contributed by atoms with Gasteiger partial charge in [-0.2, -0.15) is 0 Å². The summed E-state index contributed by atoms with van der Waals surface area (Å²) in [5.41, 5.74) is 8.44. The maximum atomic E-state index is 12.1. The average Bonchev–Trinajstić information content (AvgIpc) is 2.58. The quantitative estimate of drug-likeness (QED) is 0.828. The van der Waals surface area contributed by atoms with Crippen molar-refractivity contribution in [2.75, 3.05) is 5.73 Å². The van der Waals surface area contributed by atoms with E-state index in [1.807, 2.05) is 42.5 Å². The van der Waals surface area contributed by atoms with Crippen molar-refractivity contribution in [2.45, 2.75) is 38.1 Å². The largest absolute Gasteiger partial charge is 0.412 e. The molecule has 2 aromatic rings. The van der Waals surface area contributed by atoms with E-state index >= 15 is 0 Å². The smallest absolute Gasteiger partial charge is 0.408 e. The van der Waals surface area contributed by atoms with Crippen LogP contribution >= 0.6 is 0 Å². The Morgan fingerprint density at radius 3 is 2.48 bits per heavy atom. The zero-order valence-electron chi connectivity index (χ0n) is 13.1. The molecule has 1 amide bonds. The van der Waals surface area contributed by atoms with Gasteiger partial charge in [0.05, 0.1) is 5.69 Å². The zero-order valence-corrected chi connectivity index (χ0v) is 13.1. The van der Waals surface area contributed by atoms with Crippen LogP contribution < -0.4 is 15.8 Å². The minimum absolute atomic E-state index is 0.217. The van der Waals surface area contributed by atoms with Crippen molar-refractivity contribution in [2.24, 2.45) is 0 Å². The summed E-state index contributed by atoms with van der Waals surface area (Å²) in [6.45, 7) is 0. The fraction of sp³-hybridized carbons (Fsp3) is 0.316. The first-order chi connectivity index (χ1) is 11.2. The van der Waals surface area contributed by atoms with Crippen molar-refractivity contribution in [3.05, 3.63) is 48.5 Å². The lowest BCUT2D eigenvalue weighted by molar-refractivity contribution is 0.192. The van der Waals surface area contributed by atoms with E-state index in [0.717, 1.165) is 36.8 Å². The van der Waals surface area contributed by atoms with Gasteiger partial charge in [0.2, 0.25) is 0 Å². The highest BCUT2D eigenvalue weighted by Crippen LogP contribution is 2.29. The maximum absolute atomic E-state index is 12.1. The molecule has 0 spiro atoms. The summed E-state index contributed by atoms with van der Waals surface area (Å²) in [7, 11) is 0. The van der Waals surface area contributed by atoms with Crippen LogP contribution in [-0.4, -0.2) is 12.1 Å². The Labute approximate surface area is 136 Å². The highest BCUT2D eigenvalue weighted by Gasteiger charge is 2.17. The number of ether oxygens (including phenoxy) is 1. The molecule has 1 aliphatic carbocycles. The van der Waals surface area contributed by atoms with Crippen molar-refractivity contribution < 1.29 is 9.53 Å². The predicted octanol–water partition coefficient (Wildman–Crippen LogP) is 4.36. The molecule has 0 heterocycles. The number of hydrogen-bond acceptors (Lipinski definition) is 3. The van der Waals surface area contributed by atoms with Gasteiger partial charge in [-0.25, -0.2) is 4.79 Å². The molecule has 0 saturated heterocycles. The first-order valence-electron chi connectivity index (χ1n) is 8.15. The van der Waals surface area contributed by atoms with Gasteiger partial charge in [0.25, 0.3) is 0 Å². The van der Waals surface area contributed by atoms with Gasteiger partial charge in [0.15, 0.2) is 5.75 Å².